The van der Waals surface area contributed by atoms with Crippen molar-refractivity contribution in [1.82, 2.24) is 0 Å². The van der Waals surface area contributed by atoms with E-state index >= 15 is 0 Å². The lowest BCUT2D eigenvalue weighted by Crippen LogP contribution is -2.01. The Morgan fingerprint density at radius 1 is 1.29 bits per heavy atom. The summed E-state index contributed by atoms with van der Waals surface area (Å²) >= 11 is 0. The van der Waals surface area contributed by atoms with E-state index in [4.69, 9.17) is 0 Å². The monoisotopic (exact) mass is 229 g/mol. The van der Waals surface area contributed by atoms with Crippen LogP contribution in [0.25, 0.3) is 0 Å². The molecule has 0 saturated heterocycles. The predicted molar refractivity (Wildman–Crippen MR) is 77.6 cm³/mol. The largest absolute Gasteiger partial charge is 0.381 e. The van der Waals surface area contributed by atoms with Crippen LogP contribution in [0.15, 0.2) is 42.0 Å². The topological polar surface area (TPSA) is 12.0 Å². The summed E-state index contributed by atoms with van der Waals surface area (Å²) in [7, 11) is 0. The molecule has 0 heterocycles. The minimum Gasteiger partial charge on any atom is -0.381 e. The molecule has 1 nitrogen and oxygen atoms in total. The van der Waals surface area contributed by atoms with Crippen molar-refractivity contribution >= 4 is 5.69 Å². The minimum atomic E-state index is 0.879. The van der Waals surface area contributed by atoms with Gasteiger partial charge in [0.15, 0.2) is 0 Å². The van der Waals surface area contributed by atoms with Crippen LogP contribution in [0.2, 0.25) is 0 Å². The molecule has 0 aliphatic heterocycles. The summed E-state index contributed by atoms with van der Waals surface area (Å²) < 4.78 is 0. The zero-order chi connectivity index (χ0) is 12.7. The summed E-state index contributed by atoms with van der Waals surface area (Å²) in [6.45, 7) is 9.42. The molecule has 17 heavy (non-hydrogen) atoms. The van der Waals surface area contributed by atoms with Gasteiger partial charge in [0.1, 0.15) is 0 Å². The highest BCUT2D eigenvalue weighted by Gasteiger charge is 1.96. The van der Waals surface area contributed by atoms with Crippen LogP contribution in [-0.2, 0) is 0 Å². The van der Waals surface area contributed by atoms with Gasteiger partial charge >= 0.3 is 0 Å². The quantitative estimate of drug-likeness (QED) is 0.726. The lowest BCUT2D eigenvalue weighted by molar-refractivity contribution is 1.21. The molecule has 0 unspecified atom stereocenters. The van der Waals surface area contributed by atoms with Crippen molar-refractivity contribution in [3.8, 4) is 0 Å². The first-order valence-corrected chi connectivity index (χ1v) is 6.28. The maximum Gasteiger partial charge on any atom is 0.0375 e. The molecule has 1 aromatic carbocycles. The van der Waals surface area contributed by atoms with Crippen molar-refractivity contribution in [3.05, 3.63) is 53.1 Å². The van der Waals surface area contributed by atoms with E-state index in [1.54, 1.807) is 0 Å². The number of rotatable bonds is 5. The first-order chi connectivity index (χ1) is 8.13. The van der Waals surface area contributed by atoms with Gasteiger partial charge in [-0.05, 0) is 44.4 Å². The smallest absolute Gasteiger partial charge is 0.0375 e. The Bertz CT molecular complexity index is 414. The summed E-state index contributed by atoms with van der Waals surface area (Å²) in [4.78, 5) is 0. The summed E-state index contributed by atoms with van der Waals surface area (Å²) in [5, 5.41) is 3.45. The highest BCUT2D eigenvalue weighted by atomic mass is 14.9. The summed E-state index contributed by atoms with van der Waals surface area (Å²) in [6.07, 6.45) is 7.66. The molecule has 1 heteroatoms. The number of anilines is 1. The Labute approximate surface area is 105 Å². The van der Waals surface area contributed by atoms with Crippen molar-refractivity contribution in [2.75, 3.05) is 11.9 Å². The van der Waals surface area contributed by atoms with Crippen molar-refractivity contribution in [3.63, 3.8) is 0 Å². The number of hydrogen-bond acceptors (Lipinski definition) is 1. The molecular formula is C16H23N. The molecule has 0 saturated carbocycles. The first kappa shape index (κ1) is 13.6. The van der Waals surface area contributed by atoms with E-state index in [0.717, 1.165) is 13.0 Å². The third kappa shape index (κ3) is 4.90. The molecule has 1 aromatic rings. The van der Waals surface area contributed by atoms with Crippen LogP contribution in [0, 0.1) is 13.8 Å². The molecule has 0 aromatic heterocycles. The Hall–Kier alpha value is -1.50. The molecule has 0 aliphatic carbocycles. The number of nitrogens with one attached hydrogen (secondary N) is 1. The van der Waals surface area contributed by atoms with Gasteiger partial charge in [0.05, 0.1) is 0 Å². The lowest BCUT2D eigenvalue weighted by atomic mass is 10.1. The number of allylic oxidation sites excluding steroid dienone is 3. The van der Waals surface area contributed by atoms with Crippen LogP contribution in [0.5, 0.6) is 0 Å². The normalized spacial score (nSPS) is 12.1. The van der Waals surface area contributed by atoms with Crippen LogP contribution in [0.3, 0.4) is 0 Å². The molecule has 0 radical (unpaired) electrons. The van der Waals surface area contributed by atoms with Crippen LogP contribution in [0.4, 0.5) is 5.69 Å². The van der Waals surface area contributed by atoms with Crippen molar-refractivity contribution in [2.24, 2.45) is 0 Å². The van der Waals surface area contributed by atoms with E-state index in [9.17, 15) is 0 Å². The fraction of sp³-hybridized carbons (Fsp3) is 0.375. The highest BCUT2D eigenvalue weighted by molar-refractivity contribution is 5.52. The van der Waals surface area contributed by atoms with E-state index in [-0.39, 0.29) is 0 Å². The molecule has 1 rings (SSSR count). The third-order valence-corrected chi connectivity index (χ3v) is 2.73. The van der Waals surface area contributed by atoms with Crippen LogP contribution >= 0.6 is 0 Å². The molecule has 0 spiro atoms. The van der Waals surface area contributed by atoms with Crippen LogP contribution in [0.1, 0.15) is 31.4 Å². The fourth-order valence-electron chi connectivity index (χ4n) is 1.62. The Kier molecular flexibility index (Phi) is 5.55. The number of benzene rings is 1. The van der Waals surface area contributed by atoms with Gasteiger partial charge in [-0.15, -0.1) is 0 Å². The average Bonchev–Trinajstić information content (AvgIpc) is 2.31. The zero-order valence-electron chi connectivity index (χ0n) is 11.4. The van der Waals surface area contributed by atoms with Crippen molar-refractivity contribution in [2.45, 2.75) is 34.1 Å². The standard InChI is InChI=1S/C16H23N/c1-5-6-7-13(2)10-11-17-16-12-14(3)8-9-15(16)4/h6-10,12,17H,5,11H2,1-4H3/b7-6-,13-10-. The van der Waals surface area contributed by atoms with Gasteiger partial charge in [0, 0.05) is 12.2 Å². The molecule has 1 N–H and O–H groups in total. The first-order valence-electron chi connectivity index (χ1n) is 6.28. The van der Waals surface area contributed by atoms with Gasteiger partial charge in [-0.3, -0.25) is 0 Å². The van der Waals surface area contributed by atoms with Crippen molar-refractivity contribution in [1.29, 1.82) is 0 Å². The van der Waals surface area contributed by atoms with Crippen LogP contribution < -0.4 is 5.32 Å². The summed E-state index contributed by atoms with van der Waals surface area (Å²) in [5.74, 6) is 0. The summed E-state index contributed by atoms with van der Waals surface area (Å²) in [6, 6.07) is 6.50. The lowest BCUT2D eigenvalue weighted by Gasteiger charge is -2.08. The predicted octanol–water partition coefficient (Wildman–Crippen LogP) is 4.63. The maximum absolute atomic E-state index is 3.45. The average molecular weight is 229 g/mol. The van der Waals surface area contributed by atoms with Gasteiger partial charge in [-0.25, -0.2) is 0 Å². The highest BCUT2D eigenvalue weighted by Crippen LogP contribution is 2.16. The number of aryl methyl sites for hydroxylation is 2. The fourth-order valence-corrected chi connectivity index (χ4v) is 1.62. The molecule has 0 bridgehead atoms. The molecule has 0 atom stereocenters. The van der Waals surface area contributed by atoms with E-state index in [0.29, 0.717) is 0 Å². The Morgan fingerprint density at radius 3 is 2.76 bits per heavy atom. The van der Waals surface area contributed by atoms with Crippen LogP contribution in [-0.4, -0.2) is 6.54 Å². The summed E-state index contributed by atoms with van der Waals surface area (Å²) in [5.41, 5.74) is 5.13. The second kappa shape index (κ2) is 6.95. The van der Waals surface area contributed by atoms with Gasteiger partial charge < -0.3 is 5.32 Å². The van der Waals surface area contributed by atoms with E-state index in [1.165, 1.54) is 22.4 Å². The van der Waals surface area contributed by atoms with E-state index < -0.39 is 0 Å². The Balaban J connectivity index is 2.56. The molecule has 0 aliphatic rings. The second-order valence-electron chi connectivity index (χ2n) is 4.46. The number of hydrogen-bond donors (Lipinski definition) is 1. The second-order valence-corrected chi connectivity index (χ2v) is 4.46. The molecule has 92 valence electrons. The van der Waals surface area contributed by atoms with Gasteiger partial charge in [-0.1, -0.05) is 42.9 Å². The maximum atomic E-state index is 3.45. The molecule has 0 amide bonds. The van der Waals surface area contributed by atoms with Gasteiger partial charge in [0.25, 0.3) is 0 Å². The third-order valence-electron chi connectivity index (χ3n) is 2.73. The Morgan fingerprint density at radius 2 is 2.06 bits per heavy atom. The SMILES string of the molecule is CC/C=C\C(C)=C/CNc1cc(C)ccc1C. The molecular weight excluding hydrogens is 206 g/mol. The molecule has 0 fully saturated rings. The van der Waals surface area contributed by atoms with E-state index in [1.807, 2.05) is 0 Å². The van der Waals surface area contributed by atoms with Gasteiger partial charge in [0.2, 0.25) is 0 Å². The van der Waals surface area contributed by atoms with E-state index in [2.05, 4.69) is 69.4 Å². The van der Waals surface area contributed by atoms with Crippen molar-refractivity contribution < 1.29 is 0 Å². The zero-order valence-corrected chi connectivity index (χ0v) is 11.4. The van der Waals surface area contributed by atoms with Gasteiger partial charge in [-0.2, -0.15) is 0 Å². The minimum absolute atomic E-state index is 0.879.